The fraction of sp³-hybridized carbons (Fsp3) is 0.818. The number of hydrogen-bond donors (Lipinski definition) is 2. The zero-order chi connectivity index (χ0) is 12.7. The lowest BCUT2D eigenvalue weighted by Crippen LogP contribution is -2.44. The average Bonchev–Trinajstić information content (AvgIpc) is 2.23. The molecule has 16 heavy (non-hydrogen) atoms. The summed E-state index contributed by atoms with van der Waals surface area (Å²) in [4.78, 5) is 22.9. The molecule has 0 saturated carbocycles. The predicted octanol–water partition coefficient (Wildman–Crippen LogP) is 0.285. The van der Waals surface area contributed by atoms with Crippen LogP contribution in [-0.2, 0) is 14.3 Å². The van der Waals surface area contributed by atoms with Gasteiger partial charge in [-0.2, -0.15) is 0 Å². The van der Waals surface area contributed by atoms with Crippen LogP contribution in [0.15, 0.2) is 0 Å². The Morgan fingerprint density at radius 2 is 1.88 bits per heavy atom. The number of amides is 1. The third-order valence-electron chi connectivity index (χ3n) is 2.32. The third kappa shape index (κ3) is 5.11. The SMILES string of the molecule is COC(=O)[C@H](C)NC(=O)C(CN)CC(C)C. The molecule has 5 heteroatoms. The highest BCUT2D eigenvalue weighted by atomic mass is 16.5. The Bertz CT molecular complexity index is 241. The average molecular weight is 230 g/mol. The van der Waals surface area contributed by atoms with Crippen molar-refractivity contribution in [1.82, 2.24) is 5.32 Å². The van der Waals surface area contributed by atoms with Gasteiger partial charge in [-0.05, 0) is 19.3 Å². The summed E-state index contributed by atoms with van der Waals surface area (Å²) in [6.45, 7) is 5.93. The molecule has 0 fully saturated rings. The van der Waals surface area contributed by atoms with Crippen molar-refractivity contribution in [3.63, 3.8) is 0 Å². The van der Waals surface area contributed by atoms with Crippen molar-refractivity contribution in [2.24, 2.45) is 17.6 Å². The van der Waals surface area contributed by atoms with Gasteiger partial charge in [0, 0.05) is 6.54 Å². The largest absolute Gasteiger partial charge is 0.467 e. The van der Waals surface area contributed by atoms with Crippen LogP contribution >= 0.6 is 0 Å². The van der Waals surface area contributed by atoms with Gasteiger partial charge in [0.2, 0.25) is 5.91 Å². The number of esters is 1. The number of ether oxygens (including phenoxy) is 1. The zero-order valence-electron chi connectivity index (χ0n) is 10.4. The molecule has 0 aliphatic rings. The molecule has 0 bridgehead atoms. The van der Waals surface area contributed by atoms with E-state index in [0.717, 1.165) is 6.42 Å². The molecule has 94 valence electrons. The first-order chi connectivity index (χ1) is 7.42. The van der Waals surface area contributed by atoms with Crippen LogP contribution in [0, 0.1) is 11.8 Å². The zero-order valence-corrected chi connectivity index (χ0v) is 10.4. The minimum absolute atomic E-state index is 0.186. The van der Waals surface area contributed by atoms with Crippen LogP contribution in [0.1, 0.15) is 27.2 Å². The van der Waals surface area contributed by atoms with E-state index >= 15 is 0 Å². The molecular weight excluding hydrogens is 208 g/mol. The summed E-state index contributed by atoms with van der Waals surface area (Å²) in [5, 5.41) is 2.59. The normalized spacial score (nSPS) is 14.4. The molecule has 5 nitrogen and oxygen atoms in total. The minimum Gasteiger partial charge on any atom is -0.467 e. The standard InChI is InChI=1S/C11H22N2O3/c1-7(2)5-9(6-12)10(14)13-8(3)11(15)16-4/h7-9H,5-6,12H2,1-4H3,(H,13,14)/t8-,9?/m0/s1. The van der Waals surface area contributed by atoms with Crippen molar-refractivity contribution in [2.45, 2.75) is 33.2 Å². The van der Waals surface area contributed by atoms with E-state index in [1.54, 1.807) is 6.92 Å². The first kappa shape index (κ1) is 14.9. The number of carbonyl (C=O) groups excluding carboxylic acids is 2. The van der Waals surface area contributed by atoms with E-state index in [2.05, 4.69) is 10.1 Å². The quantitative estimate of drug-likeness (QED) is 0.642. The van der Waals surface area contributed by atoms with E-state index in [0.29, 0.717) is 5.92 Å². The summed E-state index contributed by atoms with van der Waals surface area (Å²) in [7, 11) is 1.29. The number of nitrogens with one attached hydrogen (secondary N) is 1. The number of methoxy groups -OCH3 is 1. The summed E-state index contributed by atoms with van der Waals surface area (Å²) in [5.41, 5.74) is 5.53. The first-order valence-electron chi connectivity index (χ1n) is 5.50. The molecule has 0 aromatic carbocycles. The van der Waals surface area contributed by atoms with E-state index in [4.69, 9.17) is 5.73 Å². The topological polar surface area (TPSA) is 81.4 Å². The molecule has 0 radical (unpaired) electrons. The van der Waals surface area contributed by atoms with Gasteiger partial charge in [-0.3, -0.25) is 4.79 Å². The van der Waals surface area contributed by atoms with Crippen LogP contribution < -0.4 is 11.1 Å². The van der Waals surface area contributed by atoms with Crippen molar-refractivity contribution < 1.29 is 14.3 Å². The van der Waals surface area contributed by atoms with Crippen LogP contribution in [0.2, 0.25) is 0 Å². The van der Waals surface area contributed by atoms with E-state index in [9.17, 15) is 9.59 Å². The molecule has 0 heterocycles. The summed E-state index contributed by atoms with van der Waals surface area (Å²) in [6.07, 6.45) is 0.718. The van der Waals surface area contributed by atoms with Crippen molar-refractivity contribution in [2.75, 3.05) is 13.7 Å². The van der Waals surface area contributed by atoms with Gasteiger partial charge in [0.1, 0.15) is 6.04 Å². The Labute approximate surface area is 96.7 Å². The molecule has 0 aliphatic carbocycles. The van der Waals surface area contributed by atoms with E-state index in [1.807, 2.05) is 13.8 Å². The number of carbonyl (C=O) groups is 2. The molecule has 1 unspecified atom stereocenters. The van der Waals surface area contributed by atoms with Gasteiger partial charge in [0.25, 0.3) is 0 Å². The van der Waals surface area contributed by atoms with Crippen molar-refractivity contribution >= 4 is 11.9 Å². The Hall–Kier alpha value is -1.10. The highest BCUT2D eigenvalue weighted by molar-refractivity contribution is 5.85. The Balaban J connectivity index is 4.25. The lowest BCUT2D eigenvalue weighted by atomic mass is 9.96. The smallest absolute Gasteiger partial charge is 0.328 e. The second-order valence-corrected chi connectivity index (χ2v) is 4.32. The number of nitrogens with two attached hydrogens (primary N) is 1. The molecule has 0 aromatic rings. The monoisotopic (exact) mass is 230 g/mol. The first-order valence-corrected chi connectivity index (χ1v) is 5.50. The maximum Gasteiger partial charge on any atom is 0.328 e. The van der Waals surface area contributed by atoms with Gasteiger partial charge in [-0.1, -0.05) is 13.8 Å². The summed E-state index contributed by atoms with van der Waals surface area (Å²) in [6, 6.07) is -0.626. The van der Waals surface area contributed by atoms with Crippen LogP contribution in [0.4, 0.5) is 0 Å². The third-order valence-corrected chi connectivity index (χ3v) is 2.32. The lowest BCUT2D eigenvalue weighted by molar-refractivity contribution is -0.145. The predicted molar refractivity (Wildman–Crippen MR) is 61.6 cm³/mol. The number of rotatable bonds is 6. The highest BCUT2D eigenvalue weighted by Gasteiger charge is 2.22. The van der Waals surface area contributed by atoms with Crippen LogP contribution in [0.3, 0.4) is 0 Å². The number of hydrogen-bond acceptors (Lipinski definition) is 4. The van der Waals surface area contributed by atoms with Gasteiger partial charge in [0.15, 0.2) is 0 Å². The van der Waals surface area contributed by atoms with Crippen molar-refractivity contribution in [3.05, 3.63) is 0 Å². The molecule has 0 spiro atoms. The molecule has 0 saturated heterocycles. The molecule has 0 rings (SSSR count). The van der Waals surface area contributed by atoms with E-state index in [1.165, 1.54) is 7.11 Å². The van der Waals surface area contributed by atoms with Crippen molar-refractivity contribution in [1.29, 1.82) is 0 Å². The van der Waals surface area contributed by atoms with Gasteiger partial charge in [-0.15, -0.1) is 0 Å². The van der Waals surface area contributed by atoms with Crippen LogP contribution in [0.25, 0.3) is 0 Å². The van der Waals surface area contributed by atoms with Crippen LogP contribution in [0.5, 0.6) is 0 Å². The Kier molecular flexibility index (Phi) is 6.72. The molecular formula is C11H22N2O3. The molecule has 3 N–H and O–H groups in total. The molecule has 0 aliphatic heterocycles. The van der Waals surface area contributed by atoms with Gasteiger partial charge in [-0.25, -0.2) is 4.79 Å². The molecule has 1 amide bonds. The second-order valence-electron chi connectivity index (χ2n) is 4.32. The van der Waals surface area contributed by atoms with Gasteiger partial charge < -0.3 is 15.8 Å². The lowest BCUT2D eigenvalue weighted by Gasteiger charge is -2.19. The fourth-order valence-corrected chi connectivity index (χ4v) is 1.45. The maximum atomic E-state index is 11.7. The van der Waals surface area contributed by atoms with E-state index < -0.39 is 12.0 Å². The van der Waals surface area contributed by atoms with Crippen LogP contribution in [-0.4, -0.2) is 31.6 Å². The molecule has 2 atom stereocenters. The van der Waals surface area contributed by atoms with E-state index in [-0.39, 0.29) is 18.4 Å². The van der Waals surface area contributed by atoms with Gasteiger partial charge >= 0.3 is 5.97 Å². The second kappa shape index (κ2) is 7.22. The van der Waals surface area contributed by atoms with Gasteiger partial charge in [0.05, 0.1) is 13.0 Å². The fourth-order valence-electron chi connectivity index (χ4n) is 1.45. The summed E-state index contributed by atoms with van der Waals surface area (Å²) in [5.74, 6) is -0.484. The Morgan fingerprint density at radius 3 is 2.25 bits per heavy atom. The summed E-state index contributed by atoms with van der Waals surface area (Å²) < 4.78 is 4.52. The maximum absolute atomic E-state index is 11.7. The highest BCUT2D eigenvalue weighted by Crippen LogP contribution is 2.10. The molecule has 0 aromatic heterocycles. The minimum atomic E-state index is -0.626. The summed E-state index contributed by atoms with van der Waals surface area (Å²) >= 11 is 0. The van der Waals surface area contributed by atoms with Crippen molar-refractivity contribution in [3.8, 4) is 0 Å². The Morgan fingerprint density at radius 1 is 1.31 bits per heavy atom.